The van der Waals surface area contributed by atoms with Crippen molar-refractivity contribution in [3.8, 4) is 5.75 Å². The molecule has 2 heterocycles. The van der Waals surface area contributed by atoms with Gasteiger partial charge in [-0.25, -0.2) is 0 Å². The number of aromatic nitrogens is 2. The molecule has 1 amide bonds. The molecule has 1 aromatic heterocycles. The van der Waals surface area contributed by atoms with Gasteiger partial charge >= 0.3 is 6.01 Å². The number of primary amides is 1. The van der Waals surface area contributed by atoms with E-state index in [2.05, 4.69) is 28.9 Å². The molecule has 0 aliphatic carbocycles. The molecule has 158 valence electrons. The second-order valence-corrected chi connectivity index (χ2v) is 8.31. The number of hydrogen-bond donors (Lipinski definition) is 1. The smallest absolute Gasteiger partial charge is 0.324 e. The highest BCUT2D eigenvalue weighted by Crippen LogP contribution is 2.27. The lowest BCUT2D eigenvalue weighted by atomic mass is 9.92. The van der Waals surface area contributed by atoms with Crippen molar-refractivity contribution in [2.75, 3.05) is 24.6 Å². The number of piperidine rings is 1. The van der Waals surface area contributed by atoms with Crippen LogP contribution in [0.2, 0.25) is 0 Å². The van der Waals surface area contributed by atoms with E-state index in [0.717, 1.165) is 61.5 Å². The van der Waals surface area contributed by atoms with Crippen molar-refractivity contribution in [2.24, 2.45) is 11.7 Å². The van der Waals surface area contributed by atoms with E-state index in [1.165, 1.54) is 0 Å². The first-order valence-electron chi connectivity index (χ1n) is 10.5. The minimum Gasteiger partial charge on any atom is -0.494 e. The molecule has 29 heavy (non-hydrogen) atoms. The van der Waals surface area contributed by atoms with Gasteiger partial charge in [0.05, 0.1) is 6.61 Å². The zero-order valence-corrected chi connectivity index (χ0v) is 17.9. The maximum absolute atomic E-state index is 11.5. The number of carbonyl (C=O) groups is 1. The number of amides is 1. The number of anilines is 1. The van der Waals surface area contributed by atoms with Crippen LogP contribution in [0.3, 0.4) is 0 Å². The fourth-order valence-electron chi connectivity index (χ4n) is 3.96. The third kappa shape index (κ3) is 5.28. The molecule has 0 saturated carbocycles. The Balaban J connectivity index is 1.40. The highest BCUT2D eigenvalue weighted by molar-refractivity contribution is 5.96. The summed E-state index contributed by atoms with van der Waals surface area (Å²) in [6, 6.07) is 4.43. The normalized spacial score (nSPS) is 15.1. The number of hydrogen-bond acceptors (Lipinski definition) is 6. The Labute approximate surface area is 172 Å². The summed E-state index contributed by atoms with van der Waals surface area (Å²) >= 11 is 0. The van der Waals surface area contributed by atoms with Crippen molar-refractivity contribution in [3.05, 3.63) is 34.6 Å². The van der Waals surface area contributed by atoms with Gasteiger partial charge in [0.1, 0.15) is 5.75 Å². The molecule has 0 unspecified atom stereocenters. The van der Waals surface area contributed by atoms with Crippen molar-refractivity contribution in [1.29, 1.82) is 0 Å². The molecule has 2 N–H and O–H groups in total. The second-order valence-electron chi connectivity index (χ2n) is 8.31. The minimum absolute atomic E-state index is 0.282. The van der Waals surface area contributed by atoms with Crippen molar-refractivity contribution in [3.63, 3.8) is 0 Å². The van der Waals surface area contributed by atoms with Gasteiger partial charge in [-0.3, -0.25) is 4.79 Å². The monoisotopic (exact) mass is 400 g/mol. The molecule has 1 saturated heterocycles. The van der Waals surface area contributed by atoms with Crippen molar-refractivity contribution >= 4 is 11.9 Å². The maximum atomic E-state index is 11.5. The summed E-state index contributed by atoms with van der Waals surface area (Å²) in [5.74, 6) is 2.16. The molecule has 0 bridgehead atoms. The van der Waals surface area contributed by atoms with Crippen LogP contribution >= 0.6 is 0 Å². The third-order valence-electron chi connectivity index (χ3n) is 5.61. The van der Waals surface area contributed by atoms with Crippen LogP contribution in [-0.4, -0.2) is 35.7 Å². The largest absolute Gasteiger partial charge is 0.494 e. The Hall–Kier alpha value is -2.57. The number of carbonyl (C=O) groups excluding carboxylic acids is 1. The van der Waals surface area contributed by atoms with E-state index in [0.29, 0.717) is 24.1 Å². The number of benzene rings is 1. The van der Waals surface area contributed by atoms with Gasteiger partial charge < -0.3 is 19.9 Å². The van der Waals surface area contributed by atoms with E-state index < -0.39 is 0 Å². The van der Waals surface area contributed by atoms with Crippen molar-refractivity contribution in [2.45, 2.75) is 59.3 Å². The Morgan fingerprint density at radius 2 is 1.93 bits per heavy atom. The quantitative estimate of drug-likeness (QED) is 0.674. The standard InChI is InChI=1S/C22H32N4O3/c1-14(2)21-24-22(29-25-21)26-9-7-17(8-10-26)6-5-11-28-18-12-15(3)19(20(23)27)16(4)13-18/h12-14,17H,5-11H2,1-4H3,(H2,23,27). The number of nitrogens with two attached hydrogens (primary N) is 1. The number of aryl methyl sites for hydroxylation is 2. The van der Waals surface area contributed by atoms with Gasteiger partial charge in [-0.15, -0.1) is 0 Å². The highest BCUT2D eigenvalue weighted by Gasteiger charge is 2.23. The first-order valence-corrected chi connectivity index (χ1v) is 10.5. The van der Waals surface area contributed by atoms with E-state index in [1.54, 1.807) is 0 Å². The van der Waals surface area contributed by atoms with Gasteiger partial charge in [-0.1, -0.05) is 19.0 Å². The van der Waals surface area contributed by atoms with Crippen LogP contribution in [-0.2, 0) is 0 Å². The van der Waals surface area contributed by atoms with Crippen LogP contribution in [0.5, 0.6) is 5.75 Å². The van der Waals surface area contributed by atoms with E-state index >= 15 is 0 Å². The van der Waals surface area contributed by atoms with Gasteiger partial charge in [0.25, 0.3) is 0 Å². The lowest BCUT2D eigenvalue weighted by Crippen LogP contribution is -2.34. The molecule has 1 aromatic carbocycles. The SMILES string of the molecule is Cc1cc(OCCCC2CCN(c3nc(C(C)C)no3)CC2)cc(C)c1C(N)=O. The molecule has 7 heteroatoms. The summed E-state index contributed by atoms with van der Waals surface area (Å²) in [6.45, 7) is 10.5. The van der Waals surface area contributed by atoms with Gasteiger partial charge in [0.15, 0.2) is 5.82 Å². The molecule has 0 spiro atoms. The molecule has 1 fully saturated rings. The molecule has 2 aromatic rings. The van der Waals surface area contributed by atoms with Gasteiger partial charge in [-0.2, -0.15) is 4.98 Å². The maximum Gasteiger partial charge on any atom is 0.324 e. The van der Waals surface area contributed by atoms with E-state index in [1.807, 2.05) is 26.0 Å². The van der Waals surface area contributed by atoms with Crippen LogP contribution < -0.4 is 15.4 Å². The highest BCUT2D eigenvalue weighted by atomic mass is 16.5. The number of ether oxygens (including phenoxy) is 1. The van der Waals surface area contributed by atoms with Crippen LogP contribution in [0.15, 0.2) is 16.7 Å². The first kappa shape index (κ1) is 21.1. The Morgan fingerprint density at radius 3 is 2.48 bits per heavy atom. The predicted molar refractivity (Wildman–Crippen MR) is 112 cm³/mol. The Bertz CT molecular complexity index is 815. The van der Waals surface area contributed by atoms with E-state index in [9.17, 15) is 4.79 Å². The van der Waals surface area contributed by atoms with Gasteiger partial charge in [0.2, 0.25) is 5.91 Å². The summed E-state index contributed by atoms with van der Waals surface area (Å²) in [6.07, 6.45) is 4.42. The fraction of sp³-hybridized carbons (Fsp3) is 0.591. The number of nitrogens with zero attached hydrogens (tertiary/aromatic N) is 3. The molecule has 0 atom stereocenters. The third-order valence-corrected chi connectivity index (χ3v) is 5.61. The molecule has 1 aliphatic heterocycles. The van der Waals surface area contributed by atoms with Gasteiger partial charge in [0, 0.05) is 24.6 Å². The van der Waals surface area contributed by atoms with Crippen LogP contribution in [0.4, 0.5) is 6.01 Å². The lowest BCUT2D eigenvalue weighted by molar-refractivity contribution is 0.0999. The average molecular weight is 401 g/mol. The lowest BCUT2D eigenvalue weighted by Gasteiger charge is -2.30. The second kappa shape index (κ2) is 9.29. The summed E-state index contributed by atoms with van der Waals surface area (Å²) in [4.78, 5) is 18.2. The summed E-state index contributed by atoms with van der Waals surface area (Å²) < 4.78 is 11.3. The Kier molecular flexibility index (Phi) is 6.77. The van der Waals surface area contributed by atoms with Gasteiger partial charge in [-0.05, 0) is 68.7 Å². The molecule has 3 rings (SSSR count). The zero-order valence-electron chi connectivity index (χ0n) is 17.9. The van der Waals surface area contributed by atoms with E-state index in [-0.39, 0.29) is 11.8 Å². The van der Waals surface area contributed by atoms with Crippen molar-refractivity contribution < 1.29 is 14.1 Å². The van der Waals surface area contributed by atoms with E-state index in [4.69, 9.17) is 15.0 Å². The summed E-state index contributed by atoms with van der Waals surface area (Å²) in [7, 11) is 0. The van der Waals surface area contributed by atoms with Crippen LogP contribution in [0.25, 0.3) is 0 Å². The summed E-state index contributed by atoms with van der Waals surface area (Å²) in [5, 5.41) is 4.06. The molecule has 0 radical (unpaired) electrons. The molecular weight excluding hydrogens is 368 g/mol. The molecule has 7 nitrogen and oxygen atoms in total. The zero-order chi connectivity index (χ0) is 21.0. The number of rotatable bonds is 8. The predicted octanol–water partition coefficient (Wildman–Crippen LogP) is 3.98. The average Bonchev–Trinajstić information content (AvgIpc) is 3.15. The topological polar surface area (TPSA) is 94.5 Å². The minimum atomic E-state index is -0.390. The van der Waals surface area contributed by atoms with Crippen LogP contribution in [0, 0.1) is 19.8 Å². The fourth-order valence-corrected chi connectivity index (χ4v) is 3.96. The first-order chi connectivity index (χ1) is 13.8. The van der Waals surface area contributed by atoms with Crippen LogP contribution in [0.1, 0.15) is 72.8 Å². The molecular formula is C22H32N4O3. The van der Waals surface area contributed by atoms with Crippen molar-refractivity contribution in [1.82, 2.24) is 10.1 Å². The summed E-state index contributed by atoms with van der Waals surface area (Å²) in [5.41, 5.74) is 7.75. The Morgan fingerprint density at radius 1 is 1.28 bits per heavy atom. The molecule has 1 aliphatic rings.